The third kappa shape index (κ3) is 6.28. The molecule has 1 aromatic rings. The Labute approximate surface area is 121 Å². The van der Waals surface area contributed by atoms with E-state index in [1.54, 1.807) is 0 Å². The summed E-state index contributed by atoms with van der Waals surface area (Å²) in [5.74, 6) is 0.809. The van der Waals surface area contributed by atoms with Gasteiger partial charge in [0, 0.05) is 23.2 Å². The monoisotopic (exact) mass is 285 g/mol. The van der Waals surface area contributed by atoms with Gasteiger partial charge in [-0.2, -0.15) is 0 Å². The highest BCUT2D eigenvalue weighted by molar-refractivity contribution is 6.31. The van der Waals surface area contributed by atoms with Gasteiger partial charge in [-0.3, -0.25) is 0 Å². The van der Waals surface area contributed by atoms with E-state index in [2.05, 4.69) is 6.92 Å². The molecule has 0 aliphatic carbocycles. The minimum atomic E-state index is 0.0584. The van der Waals surface area contributed by atoms with Crippen molar-refractivity contribution >= 4 is 11.6 Å². The first kappa shape index (κ1) is 16.3. The molecule has 1 unspecified atom stereocenters. The molecule has 0 bridgehead atoms. The van der Waals surface area contributed by atoms with E-state index in [9.17, 15) is 0 Å². The lowest BCUT2D eigenvalue weighted by molar-refractivity contribution is 0.0977. The molecule has 1 atom stereocenters. The lowest BCUT2D eigenvalue weighted by Gasteiger charge is -2.14. The zero-order valence-electron chi connectivity index (χ0n) is 11.8. The van der Waals surface area contributed by atoms with E-state index in [1.165, 1.54) is 0 Å². The molecule has 1 aromatic carbocycles. The van der Waals surface area contributed by atoms with Gasteiger partial charge < -0.3 is 15.2 Å². The predicted octanol–water partition coefficient (Wildman–Crippen LogP) is 3.43. The molecular formula is C15H24ClNO2. The van der Waals surface area contributed by atoms with Crippen molar-refractivity contribution in [3.63, 3.8) is 0 Å². The molecule has 0 fully saturated rings. The molecule has 0 aromatic heterocycles. The number of benzene rings is 1. The van der Waals surface area contributed by atoms with Crippen molar-refractivity contribution in [2.45, 2.75) is 39.2 Å². The van der Waals surface area contributed by atoms with Crippen LogP contribution in [0.3, 0.4) is 0 Å². The van der Waals surface area contributed by atoms with E-state index in [0.717, 1.165) is 30.8 Å². The Morgan fingerprint density at radius 2 is 2.05 bits per heavy atom. The van der Waals surface area contributed by atoms with Crippen LogP contribution in [0.15, 0.2) is 18.2 Å². The molecule has 0 saturated heterocycles. The van der Waals surface area contributed by atoms with Crippen LogP contribution in [-0.4, -0.2) is 25.9 Å². The zero-order chi connectivity index (χ0) is 14.1. The summed E-state index contributed by atoms with van der Waals surface area (Å²) in [6.07, 6.45) is 2.95. The topological polar surface area (TPSA) is 44.5 Å². The quantitative estimate of drug-likeness (QED) is 0.707. The van der Waals surface area contributed by atoms with Gasteiger partial charge in [0.2, 0.25) is 0 Å². The lowest BCUT2D eigenvalue weighted by Crippen LogP contribution is -2.19. The van der Waals surface area contributed by atoms with Gasteiger partial charge in [-0.15, -0.1) is 0 Å². The smallest absolute Gasteiger partial charge is 0.124 e. The van der Waals surface area contributed by atoms with Gasteiger partial charge in [-0.05, 0) is 31.9 Å². The second-order valence-electron chi connectivity index (χ2n) is 4.71. The zero-order valence-corrected chi connectivity index (χ0v) is 12.6. The first-order chi connectivity index (χ1) is 9.15. The summed E-state index contributed by atoms with van der Waals surface area (Å²) in [5.41, 5.74) is 6.81. The van der Waals surface area contributed by atoms with Crippen molar-refractivity contribution in [2.75, 3.05) is 19.8 Å². The molecule has 1 rings (SSSR count). The second-order valence-corrected chi connectivity index (χ2v) is 5.12. The minimum Gasteiger partial charge on any atom is -0.491 e. The summed E-state index contributed by atoms with van der Waals surface area (Å²) in [6, 6.07) is 5.74. The third-order valence-electron chi connectivity index (χ3n) is 2.73. The minimum absolute atomic E-state index is 0.0584. The highest BCUT2D eigenvalue weighted by Gasteiger charge is 2.10. The maximum absolute atomic E-state index is 6.19. The van der Waals surface area contributed by atoms with Gasteiger partial charge in [0.15, 0.2) is 0 Å². The van der Waals surface area contributed by atoms with Crippen LogP contribution in [0.5, 0.6) is 5.75 Å². The Bertz CT molecular complexity index is 369. The Morgan fingerprint density at radius 3 is 2.74 bits per heavy atom. The summed E-state index contributed by atoms with van der Waals surface area (Å²) in [7, 11) is 0. The molecule has 0 aliphatic rings. The van der Waals surface area contributed by atoms with Crippen molar-refractivity contribution in [3.05, 3.63) is 28.8 Å². The SMILES string of the molecule is CCCCOCCOc1cccc(Cl)c1CC(C)N. The number of hydrogen-bond donors (Lipinski definition) is 1. The van der Waals surface area contributed by atoms with Crippen LogP contribution in [0, 0.1) is 0 Å². The van der Waals surface area contributed by atoms with Crippen molar-refractivity contribution in [2.24, 2.45) is 5.73 Å². The van der Waals surface area contributed by atoms with Crippen LogP contribution < -0.4 is 10.5 Å². The Morgan fingerprint density at radius 1 is 1.26 bits per heavy atom. The van der Waals surface area contributed by atoms with Crippen molar-refractivity contribution < 1.29 is 9.47 Å². The normalized spacial score (nSPS) is 12.4. The fraction of sp³-hybridized carbons (Fsp3) is 0.600. The van der Waals surface area contributed by atoms with Crippen molar-refractivity contribution in [1.82, 2.24) is 0 Å². The molecular weight excluding hydrogens is 262 g/mol. The first-order valence-corrected chi connectivity index (χ1v) is 7.26. The summed E-state index contributed by atoms with van der Waals surface area (Å²) >= 11 is 6.19. The Hall–Kier alpha value is -0.770. The van der Waals surface area contributed by atoms with Crippen LogP contribution in [-0.2, 0) is 11.2 Å². The Balaban J connectivity index is 2.46. The van der Waals surface area contributed by atoms with Crippen LogP contribution in [0.4, 0.5) is 0 Å². The molecule has 108 valence electrons. The van der Waals surface area contributed by atoms with Gasteiger partial charge in [-0.1, -0.05) is 31.0 Å². The molecule has 0 spiro atoms. The summed E-state index contributed by atoms with van der Waals surface area (Å²) in [6.45, 7) is 6.04. The largest absolute Gasteiger partial charge is 0.491 e. The fourth-order valence-electron chi connectivity index (χ4n) is 1.75. The van der Waals surface area contributed by atoms with Gasteiger partial charge >= 0.3 is 0 Å². The maximum atomic E-state index is 6.19. The summed E-state index contributed by atoms with van der Waals surface area (Å²) < 4.78 is 11.2. The van der Waals surface area contributed by atoms with E-state index < -0.39 is 0 Å². The number of halogens is 1. The summed E-state index contributed by atoms with van der Waals surface area (Å²) in [5, 5.41) is 0.710. The van der Waals surface area contributed by atoms with Gasteiger partial charge in [-0.25, -0.2) is 0 Å². The number of rotatable bonds is 9. The van der Waals surface area contributed by atoms with Crippen LogP contribution in [0.1, 0.15) is 32.3 Å². The van der Waals surface area contributed by atoms with Gasteiger partial charge in [0.25, 0.3) is 0 Å². The lowest BCUT2D eigenvalue weighted by atomic mass is 10.1. The van der Waals surface area contributed by atoms with Crippen molar-refractivity contribution in [1.29, 1.82) is 0 Å². The predicted molar refractivity (Wildman–Crippen MR) is 80.0 cm³/mol. The molecule has 4 heteroatoms. The average molecular weight is 286 g/mol. The molecule has 0 saturated carbocycles. The van der Waals surface area contributed by atoms with E-state index in [-0.39, 0.29) is 6.04 Å². The number of unbranched alkanes of at least 4 members (excludes halogenated alkanes) is 1. The van der Waals surface area contributed by atoms with E-state index >= 15 is 0 Å². The fourth-order valence-corrected chi connectivity index (χ4v) is 2.00. The van der Waals surface area contributed by atoms with Gasteiger partial charge in [0.1, 0.15) is 12.4 Å². The highest BCUT2D eigenvalue weighted by atomic mass is 35.5. The van der Waals surface area contributed by atoms with Gasteiger partial charge in [0.05, 0.1) is 6.61 Å². The molecule has 0 aliphatic heterocycles. The maximum Gasteiger partial charge on any atom is 0.124 e. The van der Waals surface area contributed by atoms with Crippen molar-refractivity contribution in [3.8, 4) is 5.75 Å². The Kier molecular flexibility index (Phi) is 7.87. The second kappa shape index (κ2) is 9.18. The standard InChI is InChI=1S/C15H24ClNO2/c1-3-4-8-18-9-10-19-15-7-5-6-14(16)13(15)11-12(2)17/h5-7,12H,3-4,8-11,17H2,1-2H3. The number of nitrogens with two attached hydrogens (primary N) is 1. The highest BCUT2D eigenvalue weighted by Crippen LogP contribution is 2.27. The number of hydrogen-bond acceptors (Lipinski definition) is 3. The van der Waals surface area contributed by atoms with E-state index in [4.69, 9.17) is 26.8 Å². The molecule has 0 heterocycles. The molecule has 3 nitrogen and oxygen atoms in total. The molecule has 19 heavy (non-hydrogen) atoms. The molecule has 0 radical (unpaired) electrons. The third-order valence-corrected chi connectivity index (χ3v) is 3.08. The van der Waals surface area contributed by atoms with E-state index in [1.807, 2.05) is 25.1 Å². The van der Waals surface area contributed by atoms with E-state index in [0.29, 0.717) is 24.7 Å². The first-order valence-electron chi connectivity index (χ1n) is 6.88. The average Bonchev–Trinajstić information content (AvgIpc) is 2.37. The molecule has 0 amide bonds. The van der Waals surface area contributed by atoms with Crippen LogP contribution in [0.25, 0.3) is 0 Å². The number of ether oxygens (including phenoxy) is 2. The van der Waals surface area contributed by atoms with Crippen LogP contribution >= 0.6 is 11.6 Å². The van der Waals surface area contributed by atoms with Crippen LogP contribution in [0.2, 0.25) is 5.02 Å². The summed E-state index contributed by atoms with van der Waals surface area (Å²) in [4.78, 5) is 0. The molecule has 2 N–H and O–H groups in total.